The summed E-state index contributed by atoms with van der Waals surface area (Å²) in [6.07, 6.45) is 0. The predicted molar refractivity (Wildman–Crippen MR) is 96.4 cm³/mol. The molecule has 0 radical (unpaired) electrons. The minimum Gasteiger partial charge on any atom is -0.508 e. The van der Waals surface area contributed by atoms with Crippen molar-refractivity contribution in [1.29, 1.82) is 0 Å². The van der Waals surface area contributed by atoms with Crippen LogP contribution in [0.3, 0.4) is 0 Å². The van der Waals surface area contributed by atoms with E-state index in [2.05, 4.69) is 15.5 Å². The molecule has 0 spiro atoms. The number of hydrogen-bond acceptors (Lipinski definition) is 4. The minimum atomic E-state index is -0.634. The summed E-state index contributed by atoms with van der Waals surface area (Å²) in [6.45, 7) is 0. The molecule has 0 bridgehead atoms. The highest BCUT2D eigenvalue weighted by atomic mass is 35.5. The topological polar surface area (TPSA) is 95.1 Å². The van der Waals surface area contributed by atoms with Crippen LogP contribution in [-0.2, 0) is 0 Å². The van der Waals surface area contributed by atoms with Crippen LogP contribution in [0.15, 0.2) is 53.3 Å². The maximum atomic E-state index is 12.4. The molecule has 0 unspecified atom stereocenters. The molecule has 0 atom stereocenters. The van der Waals surface area contributed by atoms with Crippen molar-refractivity contribution >= 4 is 34.8 Å². The van der Waals surface area contributed by atoms with Gasteiger partial charge >= 0.3 is 0 Å². The molecule has 25 heavy (non-hydrogen) atoms. The Bertz CT molecular complexity index is 1000. The van der Waals surface area contributed by atoms with Gasteiger partial charge in [0.2, 0.25) is 0 Å². The number of rotatable bonds is 3. The van der Waals surface area contributed by atoms with Crippen LogP contribution in [0.1, 0.15) is 10.4 Å². The maximum Gasteiger partial charge on any atom is 0.277 e. The molecule has 3 N–H and O–H groups in total. The smallest absolute Gasteiger partial charge is 0.277 e. The fraction of sp³-hybridized carbons (Fsp3) is 0. The normalized spacial score (nSPS) is 10.5. The van der Waals surface area contributed by atoms with E-state index in [1.54, 1.807) is 24.3 Å². The summed E-state index contributed by atoms with van der Waals surface area (Å²) in [5.74, 6) is -0.531. The van der Waals surface area contributed by atoms with Gasteiger partial charge in [0.1, 0.15) is 11.3 Å². The lowest BCUT2D eigenvalue weighted by molar-refractivity contribution is 0.102. The van der Waals surface area contributed by atoms with Gasteiger partial charge in [-0.1, -0.05) is 23.2 Å². The second-order valence-electron chi connectivity index (χ2n) is 5.12. The third-order valence-corrected chi connectivity index (χ3v) is 3.94. The zero-order valence-corrected chi connectivity index (χ0v) is 14.1. The van der Waals surface area contributed by atoms with Crippen molar-refractivity contribution in [2.24, 2.45) is 0 Å². The van der Waals surface area contributed by atoms with Gasteiger partial charge in [-0.25, -0.2) is 5.10 Å². The van der Waals surface area contributed by atoms with Crippen LogP contribution in [0.2, 0.25) is 10.0 Å². The van der Waals surface area contributed by atoms with Gasteiger partial charge in [0.25, 0.3) is 11.5 Å². The van der Waals surface area contributed by atoms with Gasteiger partial charge in [-0.2, -0.15) is 5.10 Å². The SMILES string of the molecule is O=C(Nc1ccc(Cl)cc1Cl)c1cc(-c2ccc(O)cc2)n[nH]c1=O. The van der Waals surface area contributed by atoms with Crippen LogP contribution in [0.4, 0.5) is 5.69 Å². The molecule has 0 aliphatic heterocycles. The number of aromatic amines is 1. The number of hydrogen-bond donors (Lipinski definition) is 3. The standard InChI is InChI=1S/C17H11Cl2N3O3/c18-10-3-6-14(13(19)7-10)20-16(24)12-8-15(21-22-17(12)25)9-1-4-11(23)5-2-9/h1-8,23H,(H,20,24)(H,22,25). The number of anilines is 1. The van der Waals surface area contributed by atoms with E-state index in [0.717, 1.165) is 0 Å². The molecule has 0 aliphatic carbocycles. The molecule has 0 saturated heterocycles. The molecule has 1 heterocycles. The van der Waals surface area contributed by atoms with Gasteiger partial charge in [0.15, 0.2) is 0 Å². The summed E-state index contributed by atoms with van der Waals surface area (Å²) >= 11 is 11.8. The highest BCUT2D eigenvalue weighted by Crippen LogP contribution is 2.26. The summed E-state index contributed by atoms with van der Waals surface area (Å²) in [4.78, 5) is 24.4. The highest BCUT2D eigenvalue weighted by molar-refractivity contribution is 6.36. The monoisotopic (exact) mass is 375 g/mol. The Morgan fingerprint density at radius 3 is 2.48 bits per heavy atom. The van der Waals surface area contributed by atoms with Crippen LogP contribution >= 0.6 is 23.2 Å². The number of halogens is 2. The third kappa shape index (κ3) is 3.81. The van der Waals surface area contributed by atoms with Crippen LogP contribution in [0, 0.1) is 0 Å². The van der Waals surface area contributed by atoms with Crippen LogP contribution in [-0.4, -0.2) is 21.2 Å². The molecule has 8 heteroatoms. The lowest BCUT2D eigenvalue weighted by atomic mass is 10.1. The molecule has 3 rings (SSSR count). The van der Waals surface area contributed by atoms with E-state index in [0.29, 0.717) is 22.0 Å². The summed E-state index contributed by atoms with van der Waals surface area (Å²) < 4.78 is 0. The number of aromatic hydroxyl groups is 1. The number of nitrogens with one attached hydrogen (secondary N) is 2. The van der Waals surface area contributed by atoms with Gasteiger partial charge in [-0.3, -0.25) is 9.59 Å². The Labute approximate surface area is 152 Å². The number of carbonyl (C=O) groups is 1. The molecule has 1 aromatic heterocycles. The molecular formula is C17H11Cl2N3O3. The zero-order chi connectivity index (χ0) is 18.0. The number of amides is 1. The second kappa shape index (κ2) is 6.96. The van der Waals surface area contributed by atoms with Gasteiger partial charge in [0.05, 0.1) is 16.4 Å². The first-order chi connectivity index (χ1) is 11.9. The quantitative estimate of drug-likeness (QED) is 0.650. The predicted octanol–water partition coefficient (Wildman–Crippen LogP) is 3.70. The van der Waals surface area contributed by atoms with Gasteiger partial charge in [-0.05, 0) is 48.5 Å². The molecule has 126 valence electrons. The number of nitrogens with zero attached hydrogens (tertiary/aromatic N) is 1. The van der Waals surface area contributed by atoms with E-state index in [1.807, 2.05) is 0 Å². The van der Waals surface area contributed by atoms with Crippen LogP contribution in [0.5, 0.6) is 5.75 Å². The second-order valence-corrected chi connectivity index (χ2v) is 5.96. The van der Waals surface area contributed by atoms with Crippen molar-refractivity contribution in [3.8, 4) is 17.0 Å². The van der Waals surface area contributed by atoms with E-state index in [9.17, 15) is 14.7 Å². The zero-order valence-electron chi connectivity index (χ0n) is 12.6. The average molecular weight is 376 g/mol. The average Bonchev–Trinajstić information content (AvgIpc) is 2.58. The maximum absolute atomic E-state index is 12.4. The summed E-state index contributed by atoms with van der Waals surface area (Å²) in [7, 11) is 0. The fourth-order valence-corrected chi connectivity index (χ4v) is 2.59. The molecular weight excluding hydrogens is 365 g/mol. The number of benzene rings is 2. The number of carbonyl (C=O) groups excluding carboxylic acids is 1. The number of H-pyrrole nitrogens is 1. The number of aromatic nitrogens is 2. The van der Waals surface area contributed by atoms with Crippen molar-refractivity contribution in [2.45, 2.75) is 0 Å². The lowest BCUT2D eigenvalue weighted by Gasteiger charge is -2.08. The highest BCUT2D eigenvalue weighted by Gasteiger charge is 2.15. The third-order valence-electron chi connectivity index (χ3n) is 3.39. The van der Waals surface area contributed by atoms with Crippen LogP contribution < -0.4 is 10.9 Å². The first-order valence-corrected chi connectivity index (χ1v) is 7.85. The van der Waals surface area contributed by atoms with E-state index in [-0.39, 0.29) is 16.3 Å². The Hall–Kier alpha value is -2.83. The van der Waals surface area contributed by atoms with Crippen molar-refractivity contribution in [1.82, 2.24) is 10.2 Å². The molecule has 0 aliphatic rings. The number of phenols is 1. The van der Waals surface area contributed by atoms with Crippen molar-refractivity contribution in [3.05, 3.63) is 74.5 Å². The summed E-state index contributed by atoms with van der Waals surface area (Å²) in [5.41, 5.74) is 0.590. The Morgan fingerprint density at radius 1 is 1.08 bits per heavy atom. The van der Waals surface area contributed by atoms with E-state index in [1.165, 1.54) is 24.3 Å². The fourth-order valence-electron chi connectivity index (χ4n) is 2.13. The lowest BCUT2D eigenvalue weighted by Crippen LogP contribution is -2.24. The van der Waals surface area contributed by atoms with Crippen molar-refractivity contribution in [3.63, 3.8) is 0 Å². The van der Waals surface area contributed by atoms with E-state index in [4.69, 9.17) is 23.2 Å². The molecule has 2 aromatic carbocycles. The first kappa shape index (κ1) is 17.0. The first-order valence-electron chi connectivity index (χ1n) is 7.09. The van der Waals surface area contributed by atoms with E-state index >= 15 is 0 Å². The molecule has 1 amide bonds. The van der Waals surface area contributed by atoms with Gasteiger partial charge < -0.3 is 10.4 Å². The minimum absolute atomic E-state index is 0.100. The Kier molecular flexibility index (Phi) is 4.74. The molecule has 6 nitrogen and oxygen atoms in total. The summed E-state index contributed by atoms with van der Waals surface area (Å²) in [6, 6.07) is 12.2. The van der Waals surface area contributed by atoms with Gasteiger partial charge in [0, 0.05) is 10.6 Å². The van der Waals surface area contributed by atoms with Crippen molar-refractivity contribution in [2.75, 3.05) is 5.32 Å². The van der Waals surface area contributed by atoms with Gasteiger partial charge in [-0.15, -0.1) is 0 Å². The summed E-state index contributed by atoms with van der Waals surface area (Å²) in [5, 5.41) is 18.8. The molecule has 3 aromatic rings. The molecule has 0 fully saturated rings. The largest absolute Gasteiger partial charge is 0.508 e. The van der Waals surface area contributed by atoms with Crippen molar-refractivity contribution < 1.29 is 9.90 Å². The number of phenolic OH excluding ortho intramolecular Hbond substituents is 1. The molecule has 0 saturated carbocycles. The van der Waals surface area contributed by atoms with E-state index < -0.39 is 11.5 Å². The Balaban J connectivity index is 1.93. The van der Waals surface area contributed by atoms with Crippen LogP contribution in [0.25, 0.3) is 11.3 Å². The Morgan fingerprint density at radius 2 is 1.80 bits per heavy atom.